The Hall–Kier alpha value is -6.14. The molecule has 0 unspecified atom stereocenters. The van der Waals surface area contributed by atoms with E-state index in [4.69, 9.17) is 23.8 Å². The SMILES string of the molecule is CC1(C)c2cc(-c3nc(-c4ccccc4)nc(-c4ccc5oc6ccccc6c5c4)n3)ccc2-c2cc3c(cc21)oc1ncccc13. The highest BCUT2D eigenvalue weighted by atomic mass is 16.3. The van der Waals surface area contributed by atoms with Gasteiger partial charge < -0.3 is 8.83 Å². The van der Waals surface area contributed by atoms with Gasteiger partial charge >= 0.3 is 0 Å². The second-order valence-electron chi connectivity index (χ2n) is 12.7. The molecule has 6 nitrogen and oxygen atoms in total. The summed E-state index contributed by atoms with van der Waals surface area (Å²) in [7, 11) is 0. The van der Waals surface area contributed by atoms with Crippen LogP contribution >= 0.6 is 0 Å². The largest absolute Gasteiger partial charge is 0.456 e. The molecule has 222 valence electrons. The summed E-state index contributed by atoms with van der Waals surface area (Å²) in [4.78, 5) is 19.5. The van der Waals surface area contributed by atoms with Crippen molar-refractivity contribution in [3.63, 3.8) is 0 Å². The lowest BCUT2D eigenvalue weighted by Gasteiger charge is -2.21. The molecule has 5 aromatic carbocycles. The van der Waals surface area contributed by atoms with Gasteiger partial charge in [-0.1, -0.05) is 74.5 Å². The number of aromatic nitrogens is 4. The first-order valence-electron chi connectivity index (χ1n) is 15.7. The lowest BCUT2D eigenvalue weighted by atomic mass is 9.82. The third kappa shape index (κ3) is 3.85. The minimum Gasteiger partial charge on any atom is -0.456 e. The van der Waals surface area contributed by atoms with Crippen molar-refractivity contribution in [2.24, 2.45) is 0 Å². The molecule has 0 N–H and O–H groups in total. The molecule has 10 rings (SSSR count). The fourth-order valence-corrected chi connectivity index (χ4v) is 7.19. The number of furan rings is 2. The average molecular weight is 607 g/mol. The van der Waals surface area contributed by atoms with Crippen molar-refractivity contribution < 1.29 is 8.83 Å². The van der Waals surface area contributed by atoms with Crippen molar-refractivity contribution >= 4 is 44.0 Å². The van der Waals surface area contributed by atoms with Gasteiger partial charge in [0.15, 0.2) is 17.5 Å². The van der Waals surface area contributed by atoms with Crippen molar-refractivity contribution in [1.82, 2.24) is 19.9 Å². The van der Waals surface area contributed by atoms with Crippen molar-refractivity contribution in [3.05, 3.63) is 133 Å². The van der Waals surface area contributed by atoms with Crippen molar-refractivity contribution in [1.29, 1.82) is 0 Å². The van der Waals surface area contributed by atoms with Crippen LogP contribution in [0.1, 0.15) is 25.0 Å². The molecule has 0 saturated carbocycles. The summed E-state index contributed by atoms with van der Waals surface area (Å²) in [5.41, 5.74) is 10.6. The fourth-order valence-electron chi connectivity index (χ4n) is 7.19. The summed E-state index contributed by atoms with van der Waals surface area (Å²) >= 11 is 0. The van der Waals surface area contributed by atoms with Gasteiger partial charge in [0.1, 0.15) is 16.7 Å². The van der Waals surface area contributed by atoms with E-state index in [9.17, 15) is 0 Å². The normalized spacial score (nSPS) is 13.5. The quantitative estimate of drug-likeness (QED) is 0.199. The Bertz CT molecular complexity index is 2720. The van der Waals surface area contributed by atoms with Crippen LogP contribution in [0, 0.1) is 0 Å². The van der Waals surface area contributed by atoms with Gasteiger partial charge in [0.05, 0.1) is 0 Å². The van der Waals surface area contributed by atoms with E-state index in [1.165, 1.54) is 22.3 Å². The molecule has 0 saturated heterocycles. The van der Waals surface area contributed by atoms with E-state index in [-0.39, 0.29) is 5.41 Å². The number of benzene rings is 5. The van der Waals surface area contributed by atoms with Crippen LogP contribution in [0.4, 0.5) is 0 Å². The molecule has 1 aliphatic rings. The third-order valence-corrected chi connectivity index (χ3v) is 9.60. The molecular weight excluding hydrogens is 580 g/mol. The molecule has 0 bridgehead atoms. The van der Waals surface area contributed by atoms with Crippen LogP contribution in [-0.4, -0.2) is 19.9 Å². The second-order valence-corrected chi connectivity index (χ2v) is 12.7. The third-order valence-electron chi connectivity index (χ3n) is 9.60. The van der Waals surface area contributed by atoms with Crippen LogP contribution in [0.25, 0.3) is 89.3 Å². The number of nitrogens with zero attached hydrogens (tertiary/aromatic N) is 4. The van der Waals surface area contributed by atoms with Gasteiger partial charge in [-0.15, -0.1) is 0 Å². The zero-order valence-electron chi connectivity index (χ0n) is 25.7. The molecule has 1 aliphatic carbocycles. The van der Waals surface area contributed by atoms with Gasteiger partial charge in [0.2, 0.25) is 5.71 Å². The first-order valence-corrected chi connectivity index (χ1v) is 15.7. The average Bonchev–Trinajstić information content (AvgIpc) is 3.74. The van der Waals surface area contributed by atoms with Gasteiger partial charge in [-0.25, -0.2) is 19.9 Å². The lowest BCUT2D eigenvalue weighted by Crippen LogP contribution is -2.15. The summed E-state index contributed by atoms with van der Waals surface area (Å²) in [5.74, 6) is 1.88. The minimum absolute atomic E-state index is 0.257. The van der Waals surface area contributed by atoms with E-state index in [0.29, 0.717) is 23.2 Å². The van der Waals surface area contributed by atoms with Gasteiger partial charge in [-0.2, -0.15) is 0 Å². The maximum atomic E-state index is 6.17. The molecule has 9 aromatic rings. The molecule has 0 fully saturated rings. The van der Waals surface area contributed by atoms with E-state index in [0.717, 1.165) is 55.0 Å². The Morgan fingerprint density at radius 1 is 0.468 bits per heavy atom. The number of hydrogen-bond donors (Lipinski definition) is 0. The maximum Gasteiger partial charge on any atom is 0.227 e. The monoisotopic (exact) mass is 606 g/mol. The standard InChI is InChI=1S/C41H26N4O2/c1-41(2)32-20-25(14-16-26(32)29-21-31-28-12-8-18-42-40(28)47-36(31)22-33(29)41)39-44-37(23-9-4-3-5-10-23)43-38(45-39)24-15-17-35-30(19-24)27-11-6-7-13-34(27)46-35/h3-22H,1-2H3. The van der Waals surface area contributed by atoms with E-state index in [1.807, 2.05) is 66.7 Å². The number of fused-ring (bicyclic) bond motifs is 9. The van der Waals surface area contributed by atoms with Crippen molar-refractivity contribution in [2.75, 3.05) is 0 Å². The highest BCUT2D eigenvalue weighted by molar-refractivity contribution is 6.07. The van der Waals surface area contributed by atoms with Gasteiger partial charge in [-0.3, -0.25) is 0 Å². The molecule has 0 aliphatic heterocycles. The molecule has 0 atom stereocenters. The smallest absolute Gasteiger partial charge is 0.227 e. The van der Waals surface area contributed by atoms with Crippen LogP contribution < -0.4 is 0 Å². The minimum atomic E-state index is -0.257. The van der Waals surface area contributed by atoms with Crippen LogP contribution in [0.5, 0.6) is 0 Å². The second kappa shape index (κ2) is 9.44. The molecule has 0 spiro atoms. The Morgan fingerprint density at radius 3 is 1.98 bits per heavy atom. The van der Waals surface area contributed by atoms with E-state index in [2.05, 4.69) is 67.4 Å². The van der Waals surface area contributed by atoms with Gasteiger partial charge in [-0.05, 0) is 76.9 Å². The van der Waals surface area contributed by atoms with E-state index < -0.39 is 0 Å². The molecule has 0 radical (unpaired) electrons. The summed E-state index contributed by atoms with van der Waals surface area (Å²) in [6.45, 7) is 4.54. The first kappa shape index (κ1) is 26.1. The highest BCUT2D eigenvalue weighted by Gasteiger charge is 2.37. The zero-order valence-corrected chi connectivity index (χ0v) is 25.7. The van der Waals surface area contributed by atoms with Gasteiger partial charge in [0, 0.05) is 49.8 Å². The summed E-state index contributed by atoms with van der Waals surface area (Å²) in [6, 6.07) is 39.4. The molecule has 0 amide bonds. The fraction of sp³-hybridized carbons (Fsp3) is 0.0732. The Balaban J connectivity index is 1.15. The van der Waals surface area contributed by atoms with E-state index in [1.54, 1.807) is 6.20 Å². The summed E-state index contributed by atoms with van der Waals surface area (Å²) in [6.07, 6.45) is 1.77. The Kier molecular flexibility index (Phi) is 5.24. The van der Waals surface area contributed by atoms with Crippen LogP contribution in [0.3, 0.4) is 0 Å². The number of para-hydroxylation sites is 1. The lowest BCUT2D eigenvalue weighted by molar-refractivity contribution is 0.640. The zero-order chi connectivity index (χ0) is 31.3. The number of hydrogen-bond acceptors (Lipinski definition) is 6. The predicted octanol–water partition coefficient (Wildman–Crippen LogP) is 10.4. The molecule has 6 heteroatoms. The number of rotatable bonds is 3. The van der Waals surface area contributed by atoms with Crippen LogP contribution in [-0.2, 0) is 5.41 Å². The molecule has 4 aromatic heterocycles. The summed E-state index contributed by atoms with van der Waals surface area (Å²) < 4.78 is 12.3. The highest BCUT2D eigenvalue weighted by Crippen LogP contribution is 2.51. The first-order chi connectivity index (χ1) is 23.0. The molecule has 47 heavy (non-hydrogen) atoms. The van der Waals surface area contributed by atoms with Crippen LogP contribution in [0.15, 0.2) is 130 Å². The molecular formula is C41H26N4O2. The number of pyridine rings is 1. The Morgan fingerprint density at radius 2 is 1.13 bits per heavy atom. The van der Waals surface area contributed by atoms with Crippen LogP contribution in [0.2, 0.25) is 0 Å². The van der Waals surface area contributed by atoms with E-state index >= 15 is 0 Å². The predicted molar refractivity (Wildman–Crippen MR) is 186 cm³/mol. The van der Waals surface area contributed by atoms with Gasteiger partial charge in [0.25, 0.3) is 0 Å². The summed E-state index contributed by atoms with van der Waals surface area (Å²) in [5, 5.41) is 4.21. The van der Waals surface area contributed by atoms with Crippen molar-refractivity contribution in [3.8, 4) is 45.3 Å². The van der Waals surface area contributed by atoms with Crippen molar-refractivity contribution in [2.45, 2.75) is 19.3 Å². The Labute approximate surface area is 269 Å². The topological polar surface area (TPSA) is 77.8 Å². The maximum absolute atomic E-state index is 6.17. The molecule has 4 heterocycles.